The number of benzene rings is 2. The number of esters is 1. The van der Waals surface area contributed by atoms with Crippen LogP contribution in [0.1, 0.15) is 19.4 Å². The minimum atomic E-state index is -1.02. The van der Waals surface area contributed by atoms with Gasteiger partial charge < -0.3 is 35.2 Å². The van der Waals surface area contributed by atoms with Gasteiger partial charge in [0, 0.05) is 31.2 Å². The average molecular weight is 526 g/mol. The van der Waals surface area contributed by atoms with Gasteiger partial charge in [-0.3, -0.25) is 4.79 Å². The Kier molecular flexibility index (Phi) is 9.92. The van der Waals surface area contributed by atoms with Gasteiger partial charge in [-0.15, -0.1) is 0 Å². The number of carbonyl (C=O) groups is 4. The van der Waals surface area contributed by atoms with E-state index < -0.39 is 30.0 Å². The quantitative estimate of drug-likeness (QED) is 0.454. The van der Waals surface area contributed by atoms with Crippen LogP contribution in [0.15, 0.2) is 54.6 Å². The number of anilines is 1. The number of methoxy groups -OCH3 is 2. The fourth-order valence-corrected chi connectivity index (χ4v) is 4.09. The van der Waals surface area contributed by atoms with Crippen molar-refractivity contribution in [2.24, 2.45) is 0 Å². The molecule has 2 atom stereocenters. The first-order valence-corrected chi connectivity index (χ1v) is 12.4. The minimum Gasteiger partial charge on any atom is -0.497 e. The summed E-state index contributed by atoms with van der Waals surface area (Å²) >= 11 is 0. The van der Waals surface area contributed by atoms with Crippen molar-refractivity contribution in [1.82, 2.24) is 20.4 Å². The molecule has 1 heterocycles. The number of nitrogens with one attached hydrogen (secondary N) is 3. The number of hydrogen-bond donors (Lipinski definition) is 3. The number of carbonyl (C=O) groups excluding carboxylic acids is 4. The summed E-state index contributed by atoms with van der Waals surface area (Å²) in [5.74, 6) is -0.526. The lowest BCUT2D eigenvalue weighted by atomic mass is 10.0. The number of ether oxygens (including phenoxy) is 2. The van der Waals surface area contributed by atoms with Crippen LogP contribution < -0.4 is 20.7 Å². The summed E-state index contributed by atoms with van der Waals surface area (Å²) < 4.78 is 10.1. The van der Waals surface area contributed by atoms with Gasteiger partial charge >= 0.3 is 18.0 Å². The zero-order chi connectivity index (χ0) is 27.7. The van der Waals surface area contributed by atoms with Gasteiger partial charge in [-0.2, -0.15) is 0 Å². The van der Waals surface area contributed by atoms with E-state index in [2.05, 4.69) is 16.0 Å². The van der Waals surface area contributed by atoms with Crippen LogP contribution in [-0.2, 0) is 20.7 Å². The zero-order valence-electron chi connectivity index (χ0n) is 22.1. The minimum absolute atomic E-state index is 0.0492. The first kappa shape index (κ1) is 28.3. The molecule has 0 unspecified atom stereocenters. The summed E-state index contributed by atoms with van der Waals surface area (Å²) in [5, 5.41) is 8.35. The number of rotatable bonds is 8. The van der Waals surface area contributed by atoms with Gasteiger partial charge in [-0.25, -0.2) is 14.4 Å². The highest BCUT2D eigenvalue weighted by atomic mass is 16.5. The zero-order valence-corrected chi connectivity index (χ0v) is 22.1. The van der Waals surface area contributed by atoms with E-state index in [0.29, 0.717) is 11.4 Å². The monoisotopic (exact) mass is 525 g/mol. The van der Waals surface area contributed by atoms with Crippen molar-refractivity contribution < 1.29 is 28.7 Å². The molecule has 11 nitrogen and oxygen atoms in total. The topological polar surface area (TPSA) is 129 Å². The molecule has 0 bridgehead atoms. The lowest BCUT2D eigenvalue weighted by Gasteiger charge is -2.41. The molecule has 0 saturated carbocycles. The van der Waals surface area contributed by atoms with E-state index in [1.165, 1.54) is 16.9 Å². The van der Waals surface area contributed by atoms with Crippen molar-refractivity contribution in [1.29, 1.82) is 0 Å². The predicted octanol–water partition coefficient (Wildman–Crippen LogP) is 2.23. The second-order valence-corrected chi connectivity index (χ2v) is 9.19. The van der Waals surface area contributed by atoms with Crippen LogP contribution in [0, 0.1) is 0 Å². The van der Waals surface area contributed by atoms with E-state index in [-0.39, 0.29) is 38.1 Å². The standard InChI is InChI=1S/C27H35N5O6/c1-18(2)28-27(36)32-15-14-31(26(35)29-20-8-6-5-7-9-20)17-23(32)24(33)30-22(25(34)38-4)16-19-10-12-21(37-3)13-11-19/h5-13,18,22-23H,14-17H2,1-4H3,(H,28,36)(H,29,35)(H,30,33)/t22-,23+/m0/s1. The van der Waals surface area contributed by atoms with Gasteiger partial charge in [0.05, 0.1) is 20.8 Å². The molecule has 0 aliphatic carbocycles. The van der Waals surface area contributed by atoms with E-state index in [1.807, 2.05) is 19.9 Å². The Bertz CT molecular complexity index is 1110. The molecule has 2 aromatic carbocycles. The molecule has 1 aliphatic heterocycles. The van der Waals surface area contributed by atoms with Gasteiger partial charge in [0.1, 0.15) is 17.8 Å². The second kappa shape index (κ2) is 13.3. The Balaban J connectivity index is 1.78. The van der Waals surface area contributed by atoms with Crippen LogP contribution in [0.4, 0.5) is 15.3 Å². The Labute approximate surface area is 222 Å². The van der Waals surface area contributed by atoms with Crippen molar-refractivity contribution in [3.05, 3.63) is 60.2 Å². The molecule has 2 aromatic rings. The summed E-state index contributed by atoms with van der Waals surface area (Å²) in [4.78, 5) is 54.8. The molecule has 11 heteroatoms. The number of para-hydroxylation sites is 1. The summed E-state index contributed by atoms with van der Waals surface area (Å²) in [6.07, 6.45) is 0.172. The highest BCUT2D eigenvalue weighted by molar-refractivity contribution is 5.93. The molecular formula is C27H35N5O6. The lowest BCUT2D eigenvalue weighted by molar-refractivity contribution is -0.145. The fourth-order valence-electron chi connectivity index (χ4n) is 4.09. The molecular weight excluding hydrogens is 490 g/mol. The molecule has 0 radical (unpaired) electrons. The van der Waals surface area contributed by atoms with Crippen molar-refractivity contribution in [3.8, 4) is 5.75 Å². The first-order chi connectivity index (χ1) is 18.2. The third kappa shape index (κ3) is 7.61. The SMILES string of the molecule is COC(=O)[C@H](Cc1ccc(OC)cc1)NC(=O)[C@H]1CN(C(=O)Nc2ccccc2)CCN1C(=O)NC(C)C. The molecule has 0 aromatic heterocycles. The second-order valence-electron chi connectivity index (χ2n) is 9.19. The van der Waals surface area contributed by atoms with Crippen molar-refractivity contribution in [3.63, 3.8) is 0 Å². The van der Waals surface area contributed by atoms with Crippen molar-refractivity contribution in [2.75, 3.05) is 39.2 Å². The van der Waals surface area contributed by atoms with Crippen LogP contribution in [0.25, 0.3) is 0 Å². The van der Waals surface area contributed by atoms with E-state index >= 15 is 0 Å². The number of urea groups is 2. The van der Waals surface area contributed by atoms with Gasteiger partial charge in [0.25, 0.3) is 0 Å². The number of piperazine rings is 1. The summed E-state index contributed by atoms with van der Waals surface area (Å²) in [5.41, 5.74) is 1.40. The maximum Gasteiger partial charge on any atom is 0.328 e. The molecule has 5 amide bonds. The molecule has 3 rings (SSSR count). The third-order valence-electron chi connectivity index (χ3n) is 6.07. The number of hydrogen-bond acceptors (Lipinski definition) is 6. The molecule has 1 saturated heterocycles. The van der Waals surface area contributed by atoms with Crippen LogP contribution in [0.5, 0.6) is 5.75 Å². The van der Waals surface area contributed by atoms with Crippen molar-refractivity contribution >= 4 is 29.6 Å². The van der Waals surface area contributed by atoms with Crippen LogP contribution in [-0.4, -0.2) is 85.7 Å². The van der Waals surface area contributed by atoms with E-state index in [0.717, 1.165) is 5.56 Å². The molecule has 3 N–H and O–H groups in total. The Morgan fingerprint density at radius 3 is 2.21 bits per heavy atom. The highest BCUT2D eigenvalue weighted by Crippen LogP contribution is 2.16. The van der Waals surface area contributed by atoms with Gasteiger partial charge in [0.2, 0.25) is 5.91 Å². The average Bonchev–Trinajstić information content (AvgIpc) is 2.92. The van der Waals surface area contributed by atoms with Crippen molar-refractivity contribution in [2.45, 2.75) is 38.4 Å². The molecule has 204 valence electrons. The molecule has 38 heavy (non-hydrogen) atoms. The molecule has 1 fully saturated rings. The smallest absolute Gasteiger partial charge is 0.328 e. The Morgan fingerprint density at radius 2 is 1.61 bits per heavy atom. The van der Waals surface area contributed by atoms with E-state index in [1.54, 1.807) is 55.6 Å². The number of nitrogens with zero attached hydrogens (tertiary/aromatic N) is 2. The summed E-state index contributed by atoms with van der Waals surface area (Å²) in [6, 6.07) is 13.1. The maximum atomic E-state index is 13.5. The summed E-state index contributed by atoms with van der Waals surface area (Å²) in [7, 11) is 2.80. The molecule has 0 spiro atoms. The van der Waals surface area contributed by atoms with Crippen LogP contribution in [0.3, 0.4) is 0 Å². The van der Waals surface area contributed by atoms with E-state index in [9.17, 15) is 19.2 Å². The predicted molar refractivity (Wildman–Crippen MR) is 142 cm³/mol. The largest absolute Gasteiger partial charge is 0.497 e. The van der Waals surface area contributed by atoms with Gasteiger partial charge in [-0.05, 0) is 43.7 Å². The van der Waals surface area contributed by atoms with Crippen LogP contribution >= 0.6 is 0 Å². The maximum absolute atomic E-state index is 13.5. The Morgan fingerprint density at radius 1 is 0.921 bits per heavy atom. The Hall–Kier alpha value is -4.28. The van der Waals surface area contributed by atoms with Gasteiger partial charge in [-0.1, -0.05) is 30.3 Å². The first-order valence-electron chi connectivity index (χ1n) is 12.4. The normalized spacial score (nSPS) is 15.9. The van der Waals surface area contributed by atoms with Gasteiger partial charge in [0.15, 0.2) is 0 Å². The fraction of sp³-hybridized carbons (Fsp3) is 0.407. The summed E-state index contributed by atoms with van der Waals surface area (Å²) in [6.45, 7) is 3.96. The number of amides is 5. The molecule has 1 aliphatic rings. The van der Waals surface area contributed by atoms with E-state index in [4.69, 9.17) is 9.47 Å². The van der Waals surface area contributed by atoms with Crippen LogP contribution in [0.2, 0.25) is 0 Å². The third-order valence-corrected chi connectivity index (χ3v) is 6.07. The lowest BCUT2D eigenvalue weighted by Crippen LogP contribution is -2.65. The highest BCUT2D eigenvalue weighted by Gasteiger charge is 2.38.